The predicted octanol–water partition coefficient (Wildman–Crippen LogP) is 1.44. The number of carbonyl (C=O) groups excluding carboxylic acids is 1. The van der Waals surface area contributed by atoms with Crippen molar-refractivity contribution in [1.29, 1.82) is 0 Å². The van der Waals surface area contributed by atoms with E-state index in [4.69, 9.17) is 9.47 Å². The summed E-state index contributed by atoms with van der Waals surface area (Å²) >= 11 is 0. The lowest BCUT2D eigenvalue weighted by Gasteiger charge is -2.59. The van der Waals surface area contributed by atoms with Crippen molar-refractivity contribution in [3.05, 3.63) is 0 Å². The molecule has 2 aliphatic rings. The van der Waals surface area contributed by atoms with Crippen LogP contribution in [0.3, 0.4) is 0 Å². The zero-order valence-electron chi connectivity index (χ0n) is 11.2. The molecule has 0 radical (unpaired) electrons. The molecule has 1 saturated carbocycles. The van der Waals surface area contributed by atoms with Crippen LogP contribution in [0, 0.1) is 5.41 Å². The van der Waals surface area contributed by atoms with Crippen LogP contribution in [0.4, 0.5) is 0 Å². The van der Waals surface area contributed by atoms with Crippen LogP contribution in [-0.4, -0.2) is 49.3 Å². The first-order valence-electron chi connectivity index (χ1n) is 6.47. The minimum absolute atomic E-state index is 0.0214. The minimum Gasteiger partial charge on any atom is -0.468 e. The Balaban J connectivity index is 1.95. The van der Waals surface area contributed by atoms with Crippen LogP contribution >= 0.6 is 0 Å². The minimum atomic E-state index is -0.0908. The largest absolute Gasteiger partial charge is 0.468 e. The standard InChI is InChI=1S/C13H23NO3/c1-5-17-11-8-10(13(11,2)3)14-7-6-9(14)12(15)16-4/h9-11H,5-8H2,1-4H3. The fraction of sp³-hybridized carbons (Fsp3) is 0.923. The maximum Gasteiger partial charge on any atom is 0.323 e. The van der Waals surface area contributed by atoms with Gasteiger partial charge in [0.15, 0.2) is 0 Å². The number of ether oxygens (including phenoxy) is 2. The van der Waals surface area contributed by atoms with E-state index < -0.39 is 0 Å². The molecule has 2 rings (SSSR count). The third-order valence-electron chi connectivity index (χ3n) is 4.43. The topological polar surface area (TPSA) is 38.8 Å². The third kappa shape index (κ3) is 1.97. The Hall–Kier alpha value is -0.610. The van der Waals surface area contributed by atoms with Gasteiger partial charge in [0.1, 0.15) is 6.04 Å². The summed E-state index contributed by atoms with van der Waals surface area (Å²) in [5, 5.41) is 0. The van der Waals surface area contributed by atoms with E-state index in [9.17, 15) is 4.79 Å². The first-order valence-corrected chi connectivity index (χ1v) is 6.47. The Bertz CT molecular complexity index is 303. The van der Waals surface area contributed by atoms with Crippen molar-refractivity contribution in [3.8, 4) is 0 Å². The molecule has 0 aromatic heterocycles. The summed E-state index contributed by atoms with van der Waals surface area (Å²) in [4.78, 5) is 13.9. The van der Waals surface area contributed by atoms with Crippen LogP contribution in [-0.2, 0) is 14.3 Å². The summed E-state index contributed by atoms with van der Waals surface area (Å²) in [6.45, 7) is 8.26. The van der Waals surface area contributed by atoms with Gasteiger partial charge in [-0.15, -0.1) is 0 Å². The zero-order valence-corrected chi connectivity index (χ0v) is 11.2. The van der Waals surface area contributed by atoms with Gasteiger partial charge in [-0.1, -0.05) is 13.8 Å². The molecule has 3 atom stereocenters. The molecule has 0 spiro atoms. The predicted molar refractivity (Wildman–Crippen MR) is 64.7 cm³/mol. The molecule has 17 heavy (non-hydrogen) atoms. The number of methoxy groups -OCH3 is 1. The highest BCUT2D eigenvalue weighted by molar-refractivity contribution is 5.76. The Morgan fingerprint density at radius 1 is 1.47 bits per heavy atom. The molecule has 0 bridgehead atoms. The van der Waals surface area contributed by atoms with Crippen molar-refractivity contribution in [2.75, 3.05) is 20.3 Å². The summed E-state index contributed by atoms with van der Waals surface area (Å²) in [6, 6.07) is 0.434. The van der Waals surface area contributed by atoms with Crippen molar-refractivity contribution < 1.29 is 14.3 Å². The van der Waals surface area contributed by atoms with Gasteiger partial charge >= 0.3 is 5.97 Å². The monoisotopic (exact) mass is 241 g/mol. The van der Waals surface area contributed by atoms with Gasteiger partial charge in [-0.05, 0) is 19.8 Å². The molecule has 0 aromatic carbocycles. The van der Waals surface area contributed by atoms with Crippen molar-refractivity contribution in [1.82, 2.24) is 4.90 Å². The smallest absolute Gasteiger partial charge is 0.323 e. The molecule has 4 nitrogen and oxygen atoms in total. The van der Waals surface area contributed by atoms with Crippen LogP contribution in [0.5, 0.6) is 0 Å². The maximum absolute atomic E-state index is 11.6. The molecule has 2 fully saturated rings. The van der Waals surface area contributed by atoms with E-state index in [0.29, 0.717) is 12.1 Å². The fourth-order valence-electron chi connectivity index (χ4n) is 3.08. The van der Waals surface area contributed by atoms with E-state index in [1.54, 1.807) is 0 Å². The Labute approximate surface area is 103 Å². The third-order valence-corrected chi connectivity index (χ3v) is 4.43. The van der Waals surface area contributed by atoms with Crippen LogP contribution in [0.25, 0.3) is 0 Å². The number of rotatable bonds is 4. The number of esters is 1. The summed E-state index contributed by atoms with van der Waals surface area (Å²) < 4.78 is 10.6. The lowest BCUT2D eigenvalue weighted by molar-refractivity contribution is -0.187. The van der Waals surface area contributed by atoms with Crippen molar-refractivity contribution in [2.24, 2.45) is 5.41 Å². The number of carbonyl (C=O) groups is 1. The van der Waals surface area contributed by atoms with Crippen molar-refractivity contribution in [2.45, 2.75) is 51.8 Å². The summed E-state index contributed by atoms with van der Waals surface area (Å²) in [5.41, 5.74) is 0.142. The molecule has 98 valence electrons. The molecule has 1 aliphatic heterocycles. The molecule has 1 aliphatic carbocycles. The van der Waals surface area contributed by atoms with E-state index >= 15 is 0 Å². The maximum atomic E-state index is 11.6. The summed E-state index contributed by atoms with van der Waals surface area (Å²) in [7, 11) is 1.47. The van der Waals surface area contributed by atoms with Gasteiger partial charge < -0.3 is 9.47 Å². The lowest BCUT2D eigenvalue weighted by atomic mass is 9.62. The number of hydrogen-bond donors (Lipinski definition) is 0. The highest BCUT2D eigenvalue weighted by Crippen LogP contribution is 2.48. The lowest BCUT2D eigenvalue weighted by Crippen LogP contribution is -2.69. The Morgan fingerprint density at radius 3 is 2.59 bits per heavy atom. The normalized spacial score (nSPS) is 35.9. The van der Waals surface area contributed by atoms with Crippen molar-refractivity contribution in [3.63, 3.8) is 0 Å². The van der Waals surface area contributed by atoms with E-state index in [-0.39, 0.29) is 17.4 Å². The quantitative estimate of drug-likeness (QED) is 0.698. The highest BCUT2D eigenvalue weighted by atomic mass is 16.5. The second kappa shape index (κ2) is 4.58. The van der Waals surface area contributed by atoms with E-state index in [2.05, 4.69) is 18.7 Å². The van der Waals surface area contributed by atoms with Gasteiger partial charge in [0.25, 0.3) is 0 Å². The molecular weight excluding hydrogens is 218 g/mol. The molecule has 1 saturated heterocycles. The molecule has 0 N–H and O–H groups in total. The highest BCUT2D eigenvalue weighted by Gasteiger charge is 2.55. The van der Waals surface area contributed by atoms with Crippen LogP contribution in [0.2, 0.25) is 0 Å². The van der Waals surface area contributed by atoms with Crippen LogP contribution < -0.4 is 0 Å². The van der Waals surface area contributed by atoms with Gasteiger partial charge in [0.05, 0.1) is 13.2 Å². The molecule has 3 unspecified atom stereocenters. The van der Waals surface area contributed by atoms with Gasteiger partial charge in [-0.3, -0.25) is 9.69 Å². The Kier molecular flexibility index (Phi) is 3.46. The van der Waals surface area contributed by atoms with E-state index in [1.807, 2.05) is 6.92 Å². The number of nitrogens with zero attached hydrogens (tertiary/aromatic N) is 1. The average molecular weight is 241 g/mol. The van der Waals surface area contributed by atoms with Crippen LogP contribution in [0.15, 0.2) is 0 Å². The average Bonchev–Trinajstić information content (AvgIpc) is 2.26. The van der Waals surface area contributed by atoms with Crippen LogP contribution in [0.1, 0.15) is 33.6 Å². The Morgan fingerprint density at radius 2 is 2.18 bits per heavy atom. The van der Waals surface area contributed by atoms with Gasteiger partial charge in [-0.25, -0.2) is 0 Å². The van der Waals surface area contributed by atoms with Gasteiger partial charge in [-0.2, -0.15) is 0 Å². The first kappa shape index (κ1) is 12.8. The molecule has 0 amide bonds. The number of hydrogen-bond acceptors (Lipinski definition) is 4. The summed E-state index contributed by atoms with van der Waals surface area (Å²) in [6.07, 6.45) is 2.30. The van der Waals surface area contributed by atoms with Crippen molar-refractivity contribution >= 4 is 5.97 Å². The molecular formula is C13H23NO3. The zero-order chi connectivity index (χ0) is 12.6. The van der Waals surface area contributed by atoms with E-state index in [0.717, 1.165) is 26.0 Å². The second-order valence-electron chi connectivity index (χ2n) is 5.58. The van der Waals surface area contributed by atoms with Gasteiger partial charge in [0.2, 0.25) is 0 Å². The molecule has 0 aromatic rings. The molecule has 1 heterocycles. The van der Waals surface area contributed by atoms with E-state index in [1.165, 1.54) is 7.11 Å². The second-order valence-corrected chi connectivity index (χ2v) is 5.58. The molecule has 4 heteroatoms. The first-order chi connectivity index (χ1) is 8.02. The van der Waals surface area contributed by atoms with Gasteiger partial charge in [0, 0.05) is 24.6 Å². The SMILES string of the molecule is CCOC1CC(N2CCC2C(=O)OC)C1(C)C. The summed E-state index contributed by atoms with van der Waals surface area (Å²) in [5.74, 6) is -0.0908. The fourth-order valence-corrected chi connectivity index (χ4v) is 3.08. The number of likely N-dealkylation sites (tertiary alicyclic amines) is 1.